The first-order valence-corrected chi connectivity index (χ1v) is 6.82. The van der Waals surface area contributed by atoms with Crippen molar-refractivity contribution < 1.29 is 4.79 Å². The van der Waals surface area contributed by atoms with E-state index >= 15 is 0 Å². The summed E-state index contributed by atoms with van der Waals surface area (Å²) >= 11 is 0. The molecule has 0 saturated carbocycles. The minimum absolute atomic E-state index is 0.139. The first kappa shape index (κ1) is 14.1. The Labute approximate surface area is 118 Å². The van der Waals surface area contributed by atoms with Crippen LogP contribution < -0.4 is 11.1 Å². The van der Waals surface area contributed by atoms with Crippen molar-refractivity contribution in [3.63, 3.8) is 0 Å². The maximum atomic E-state index is 12.0. The molecule has 0 radical (unpaired) electrons. The van der Waals surface area contributed by atoms with Crippen LogP contribution in [0.5, 0.6) is 0 Å². The highest BCUT2D eigenvalue weighted by Crippen LogP contribution is 2.10. The number of anilines is 1. The Morgan fingerprint density at radius 2 is 2.05 bits per heavy atom. The van der Waals surface area contributed by atoms with Crippen LogP contribution in [0.15, 0.2) is 36.5 Å². The molecule has 0 aliphatic rings. The highest BCUT2D eigenvalue weighted by atomic mass is 16.2. The van der Waals surface area contributed by atoms with E-state index in [-0.39, 0.29) is 11.9 Å². The Kier molecular flexibility index (Phi) is 4.40. The van der Waals surface area contributed by atoms with Crippen LogP contribution in [-0.4, -0.2) is 21.7 Å². The van der Waals surface area contributed by atoms with Gasteiger partial charge in [-0.15, -0.1) is 0 Å². The summed E-state index contributed by atoms with van der Waals surface area (Å²) in [6.45, 7) is 4.09. The van der Waals surface area contributed by atoms with Crippen molar-refractivity contribution in [2.75, 3.05) is 5.73 Å². The van der Waals surface area contributed by atoms with E-state index in [0.717, 1.165) is 18.5 Å². The number of benzene rings is 1. The van der Waals surface area contributed by atoms with Crippen molar-refractivity contribution in [3.05, 3.63) is 42.2 Å². The number of amides is 1. The van der Waals surface area contributed by atoms with Crippen LogP contribution in [0.2, 0.25) is 0 Å². The molecule has 0 aliphatic carbocycles. The van der Waals surface area contributed by atoms with Gasteiger partial charge in [-0.2, -0.15) is 5.10 Å². The first-order chi connectivity index (χ1) is 9.60. The zero-order valence-corrected chi connectivity index (χ0v) is 11.8. The van der Waals surface area contributed by atoms with E-state index in [1.807, 2.05) is 19.1 Å². The molecule has 106 valence electrons. The number of nitrogen functional groups attached to an aromatic ring is 1. The van der Waals surface area contributed by atoms with E-state index in [9.17, 15) is 4.79 Å². The highest BCUT2D eigenvalue weighted by molar-refractivity contribution is 5.92. The van der Waals surface area contributed by atoms with Gasteiger partial charge in [-0.3, -0.25) is 4.79 Å². The van der Waals surface area contributed by atoms with E-state index in [0.29, 0.717) is 11.4 Å². The fourth-order valence-corrected chi connectivity index (χ4v) is 2.02. The molecule has 2 aromatic rings. The normalized spacial score (nSPS) is 12.1. The van der Waals surface area contributed by atoms with Gasteiger partial charge >= 0.3 is 0 Å². The van der Waals surface area contributed by atoms with Gasteiger partial charge in [0.15, 0.2) is 5.69 Å². The fourth-order valence-electron chi connectivity index (χ4n) is 2.02. The Hall–Kier alpha value is -2.30. The van der Waals surface area contributed by atoms with Gasteiger partial charge in [0.05, 0.1) is 5.69 Å². The highest BCUT2D eigenvalue weighted by Gasteiger charge is 2.12. The van der Waals surface area contributed by atoms with Gasteiger partial charge in [-0.25, -0.2) is 4.68 Å². The molecule has 1 unspecified atom stereocenters. The Balaban J connectivity index is 2.08. The average molecular weight is 272 g/mol. The fraction of sp³-hybridized carbons (Fsp3) is 0.333. The summed E-state index contributed by atoms with van der Waals surface area (Å²) < 4.78 is 1.67. The molecular formula is C15H20N4O. The van der Waals surface area contributed by atoms with Crippen LogP contribution in [0, 0.1) is 0 Å². The molecule has 0 fully saturated rings. The smallest absolute Gasteiger partial charge is 0.271 e. The van der Waals surface area contributed by atoms with Crippen molar-refractivity contribution in [1.29, 1.82) is 0 Å². The molecule has 1 aromatic heterocycles. The molecule has 2 rings (SSSR count). The van der Waals surface area contributed by atoms with Gasteiger partial charge in [0.1, 0.15) is 0 Å². The Morgan fingerprint density at radius 1 is 1.35 bits per heavy atom. The second kappa shape index (κ2) is 6.23. The van der Waals surface area contributed by atoms with Crippen molar-refractivity contribution in [3.8, 4) is 5.69 Å². The number of nitrogens with zero attached hydrogens (tertiary/aromatic N) is 2. The third kappa shape index (κ3) is 3.38. The second-order valence-corrected chi connectivity index (χ2v) is 4.90. The lowest BCUT2D eigenvalue weighted by Crippen LogP contribution is -2.32. The van der Waals surface area contributed by atoms with Crippen molar-refractivity contribution in [2.45, 2.75) is 32.7 Å². The van der Waals surface area contributed by atoms with E-state index in [2.05, 4.69) is 17.3 Å². The molecule has 1 amide bonds. The SMILES string of the molecule is CCCC(C)NC(=O)c1ccn(-c2ccc(N)cc2)n1. The number of rotatable bonds is 5. The van der Waals surface area contributed by atoms with Crippen LogP contribution in [0.1, 0.15) is 37.2 Å². The zero-order valence-electron chi connectivity index (χ0n) is 11.8. The molecule has 0 aliphatic heterocycles. The predicted octanol–water partition coefficient (Wildman–Crippen LogP) is 2.37. The summed E-state index contributed by atoms with van der Waals surface area (Å²) in [5.74, 6) is -0.139. The monoisotopic (exact) mass is 272 g/mol. The van der Waals surface area contributed by atoms with Gasteiger partial charge in [0, 0.05) is 17.9 Å². The molecule has 1 heterocycles. The first-order valence-electron chi connectivity index (χ1n) is 6.82. The molecule has 20 heavy (non-hydrogen) atoms. The van der Waals surface area contributed by atoms with Gasteiger partial charge in [0.2, 0.25) is 0 Å². The molecule has 0 bridgehead atoms. The standard InChI is InChI=1S/C15H20N4O/c1-3-4-11(2)17-15(20)14-9-10-19(18-14)13-7-5-12(16)6-8-13/h5-11H,3-4,16H2,1-2H3,(H,17,20). The van der Waals surface area contributed by atoms with E-state index < -0.39 is 0 Å². The van der Waals surface area contributed by atoms with Crippen LogP contribution in [0.25, 0.3) is 5.69 Å². The Morgan fingerprint density at radius 3 is 2.70 bits per heavy atom. The molecule has 1 aromatic carbocycles. The summed E-state index contributed by atoms with van der Waals surface area (Å²) in [5, 5.41) is 7.22. The van der Waals surface area contributed by atoms with Crippen molar-refractivity contribution in [1.82, 2.24) is 15.1 Å². The summed E-state index contributed by atoms with van der Waals surface area (Å²) in [5.41, 5.74) is 7.64. The third-order valence-corrected chi connectivity index (χ3v) is 3.08. The minimum Gasteiger partial charge on any atom is -0.399 e. The van der Waals surface area contributed by atoms with Crippen LogP contribution in [0.3, 0.4) is 0 Å². The number of nitrogens with one attached hydrogen (secondary N) is 1. The number of carbonyl (C=O) groups excluding carboxylic acids is 1. The van der Waals surface area contributed by atoms with Gasteiger partial charge in [-0.05, 0) is 43.7 Å². The van der Waals surface area contributed by atoms with Crippen molar-refractivity contribution in [2.24, 2.45) is 0 Å². The van der Waals surface area contributed by atoms with Gasteiger partial charge < -0.3 is 11.1 Å². The van der Waals surface area contributed by atoms with Crippen molar-refractivity contribution >= 4 is 11.6 Å². The zero-order chi connectivity index (χ0) is 14.5. The van der Waals surface area contributed by atoms with Gasteiger partial charge in [-0.1, -0.05) is 13.3 Å². The number of nitrogens with two attached hydrogens (primary N) is 1. The maximum absolute atomic E-state index is 12.0. The molecule has 5 heteroatoms. The largest absolute Gasteiger partial charge is 0.399 e. The summed E-state index contributed by atoms with van der Waals surface area (Å²) in [4.78, 5) is 12.0. The quantitative estimate of drug-likeness (QED) is 0.821. The number of carbonyl (C=O) groups is 1. The van der Waals surface area contributed by atoms with Crippen LogP contribution in [-0.2, 0) is 0 Å². The summed E-state index contributed by atoms with van der Waals surface area (Å²) in [7, 11) is 0. The Bertz CT molecular complexity index is 574. The number of hydrogen-bond donors (Lipinski definition) is 2. The topological polar surface area (TPSA) is 72.9 Å². The van der Waals surface area contributed by atoms with E-state index in [1.165, 1.54) is 0 Å². The number of hydrogen-bond acceptors (Lipinski definition) is 3. The summed E-state index contributed by atoms with van der Waals surface area (Å²) in [6.07, 6.45) is 3.77. The maximum Gasteiger partial charge on any atom is 0.271 e. The van der Waals surface area contributed by atoms with Crippen LogP contribution in [0.4, 0.5) is 5.69 Å². The predicted molar refractivity (Wildman–Crippen MR) is 79.8 cm³/mol. The van der Waals surface area contributed by atoms with E-state index in [1.54, 1.807) is 29.1 Å². The molecule has 0 spiro atoms. The molecule has 5 nitrogen and oxygen atoms in total. The lowest BCUT2D eigenvalue weighted by atomic mass is 10.2. The van der Waals surface area contributed by atoms with Gasteiger partial charge in [0.25, 0.3) is 5.91 Å². The van der Waals surface area contributed by atoms with Crippen LogP contribution >= 0.6 is 0 Å². The minimum atomic E-state index is -0.139. The molecular weight excluding hydrogens is 252 g/mol. The number of aromatic nitrogens is 2. The molecule has 3 N–H and O–H groups in total. The van der Waals surface area contributed by atoms with E-state index in [4.69, 9.17) is 5.73 Å². The third-order valence-electron chi connectivity index (χ3n) is 3.08. The molecule has 1 atom stereocenters. The molecule has 0 saturated heterocycles. The second-order valence-electron chi connectivity index (χ2n) is 4.90. The summed E-state index contributed by atoms with van der Waals surface area (Å²) in [6, 6.07) is 9.21. The lowest BCUT2D eigenvalue weighted by Gasteiger charge is -2.11. The lowest BCUT2D eigenvalue weighted by molar-refractivity contribution is 0.0933. The average Bonchev–Trinajstić information content (AvgIpc) is 2.89.